The summed E-state index contributed by atoms with van der Waals surface area (Å²) in [5.74, 6) is -0.00887. The monoisotopic (exact) mass is 227 g/mol. The molecule has 2 nitrogen and oxygen atoms in total. The van der Waals surface area contributed by atoms with Crippen molar-refractivity contribution in [3.63, 3.8) is 0 Å². The number of aromatic nitrogens is 1. The van der Waals surface area contributed by atoms with Gasteiger partial charge in [-0.05, 0) is 17.5 Å². The lowest BCUT2D eigenvalue weighted by Gasteiger charge is -2.12. The predicted molar refractivity (Wildman–Crippen MR) is 53.3 cm³/mol. The zero-order chi connectivity index (χ0) is 11.8. The Morgan fingerprint density at radius 1 is 1.19 bits per heavy atom. The predicted octanol–water partition coefficient (Wildman–Crippen LogP) is 3.26. The highest BCUT2D eigenvalue weighted by atomic mass is 19.4. The van der Waals surface area contributed by atoms with Crippen LogP contribution in [0.5, 0.6) is 5.88 Å². The molecule has 0 bridgehead atoms. The van der Waals surface area contributed by atoms with E-state index in [1.54, 1.807) is 6.07 Å². The van der Waals surface area contributed by atoms with Crippen molar-refractivity contribution in [3.05, 3.63) is 36.0 Å². The van der Waals surface area contributed by atoms with Crippen molar-refractivity contribution in [2.24, 2.45) is 0 Å². The van der Waals surface area contributed by atoms with Crippen molar-refractivity contribution in [1.29, 1.82) is 0 Å². The van der Waals surface area contributed by atoms with E-state index in [2.05, 4.69) is 4.98 Å². The number of hydrogen-bond acceptors (Lipinski definition) is 2. The van der Waals surface area contributed by atoms with Crippen molar-refractivity contribution in [2.75, 3.05) is 7.11 Å². The van der Waals surface area contributed by atoms with Gasteiger partial charge < -0.3 is 4.74 Å². The highest BCUT2D eigenvalue weighted by Gasteiger charge is 2.33. The Balaban J connectivity index is 2.84. The zero-order valence-electron chi connectivity index (χ0n) is 8.38. The van der Waals surface area contributed by atoms with Crippen LogP contribution in [0.1, 0.15) is 5.56 Å². The van der Waals surface area contributed by atoms with Crippen LogP contribution in [0.3, 0.4) is 0 Å². The van der Waals surface area contributed by atoms with Gasteiger partial charge in [0.1, 0.15) is 0 Å². The lowest BCUT2D eigenvalue weighted by Crippen LogP contribution is -2.06. The number of halogens is 3. The number of ether oxygens (including phenoxy) is 1. The van der Waals surface area contributed by atoms with Gasteiger partial charge in [-0.1, -0.05) is 12.1 Å². The molecule has 16 heavy (non-hydrogen) atoms. The Morgan fingerprint density at radius 2 is 1.94 bits per heavy atom. The van der Waals surface area contributed by atoms with Gasteiger partial charge in [0.05, 0.1) is 18.1 Å². The van der Waals surface area contributed by atoms with Gasteiger partial charge in [-0.2, -0.15) is 13.2 Å². The van der Waals surface area contributed by atoms with Gasteiger partial charge in [-0.15, -0.1) is 0 Å². The summed E-state index contributed by atoms with van der Waals surface area (Å²) in [5, 5.41) is 0.460. The molecule has 0 amide bonds. The van der Waals surface area contributed by atoms with Gasteiger partial charge in [0.15, 0.2) is 0 Å². The van der Waals surface area contributed by atoms with Gasteiger partial charge in [0, 0.05) is 6.20 Å². The lowest BCUT2D eigenvalue weighted by molar-refractivity contribution is -0.136. The highest BCUT2D eigenvalue weighted by molar-refractivity contribution is 5.90. The molecule has 0 saturated heterocycles. The summed E-state index contributed by atoms with van der Waals surface area (Å²) < 4.78 is 43.1. The van der Waals surface area contributed by atoms with E-state index in [0.717, 1.165) is 6.07 Å². The van der Waals surface area contributed by atoms with Crippen LogP contribution < -0.4 is 4.74 Å². The quantitative estimate of drug-likeness (QED) is 0.745. The first-order valence-electron chi connectivity index (χ1n) is 4.53. The molecule has 84 valence electrons. The number of rotatable bonds is 1. The Kier molecular flexibility index (Phi) is 2.46. The van der Waals surface area contributed by atoms with Gasteiger partial charge in [-0.25, -0.2) is 4.98 Å². The van der Waals surface area contributed by atoms with Crippen molar-refractivity contribution < 1.29 is 17.9 Å². The van der Waals surface area contributed by atoms with E-state index in [4.69, 9.17) is 4.74 Å². The van der Waals surface area contributed by atoms with E-state index >= 15 is 0 Å². The average molecular weight is 227 g/mol. The van der Waals surface area contributed by atoms with Crippen LogP contribution in [0.15, 0.2) is 30.5 Å². The van der Waals surface area contributed by atoms with Crippen LogP contribution in [-0.4, -0.2) is 12.1 Å². The molecule has 2 rings (SSSR count). The van der Waals surface area contributed by atoms with Crippen LogP contribution in [0, 0.1) is 0 Å². The summed E-state index contributed by atoms with van der Waals surface area (Å²) in [5.41, 5.74) is -0.727. The molecule has 0 aliphatic rings. The van der Waals surface area contributed by atoms with E-state index in [-0.39, 0.29) is 11.3 Å². The molecule has 0 unspecified atom stereocenters. The summed E-state index contributed by atoms with van der Waals surface area (Å²) in [6.45, 7) is 0. The SMILES string of the molecule is COc1nccc2cccc(C(F)(F)F)c12. The Morgan fingerprint density at radius 3 is 2.56 bits per heavy atom. The van der Waals surface area contributed by atoms with E-state index in [1.165, 1.54) is 25.4 Å². The molecular formula is C11H8F3NO. The van der Waals surface area contributed by atoms with E-state index < -0.39 is 11.7 Å². The summed E-state index contributed by atoms with van der Waals surface area (Å²) in [6, 6.07) is 5.50. The number of methoxy groups -OCH3 is 1. The molecule has 1 aromatic carbocycles. The van der Waals surface area contributed by atoms with E-state index in [1.807, 2.05) is 0 Å². The van der Waals surface area contributed by atoms with Crippen molar-refractivity contribution in [2.45, 2.75) is 6.18 Å². The van der Waals surface area contributed by atoms with E-state index in [9.17, 15) is 13.2 Å². The first kappa shape index (κ1) is 10.7. The fourth-order valence-corrected chi connectivity index (χ4v) is 1.59. The molecule has 0 atom stereocenters. The molecule has 5 heteroatoms. The maximum atomic E-state index is 12.8. The maximum Gasteiger partial charge on any atom is 0.417 e. The van der Waals surface area contributed by atoms with Crippen molar-refractivity contribution in [3.8, 4) is 5.88 Å². The second kappa shape index (κ2) is 3.66. The average Bonchev–Trinajstić information content (AvgIpc) is 2.26. The Labute approximate surface area is 89.7 Å². The molecule has 0 saturated carbocycles. The number of benzene rings is 1. The first-order chi connectivity index (χ1) is 7.54. The highest BCUT2D eigenvalue weighted by Crippen LogP contribution is 2.37. The number of hydrogen-bond donors (Lipinski definition) is 0. The largest absolute Gasteiger partial charge is 0.481 e. The topological polar surface area (TPSA) is 22.1 Å². The Bertz CT molecular complexity index is 517. The van der Waals surface area contributed by atoms with Crippen LogP contribution in [0.2, 0.25) is 0 Å². The molecule has 1 aromatic heterocycles. The summed E-state index contributed by atoms with van der Waals surface area (Å²) in [7, 11) is 1.30. The second-order valence-electron chi connectivity index (χ2n) is 3.22. The van der Waals surface area contributed by atoms with E-state index in [0.29, 0.717) is 5.39 Å². The first-order valence-corrected chi connectivity index (χ1v) is 4.53. The summed E-state index contributed by atoms with van der Waals surface area (Å²) in [6.07, 6.45) is -2.99. The minimum atomic E-state index is -4.41. The minimum Gasteiger partial charge on any atom is -0.481 e. The molecule has 0 spiro atoms. The molecule has 0 radical (unpaired) electrons. The number of fused-ring (bicyclic) bond motifs is 1. The smallest absolute Gasteiger partial charge is 0.417 e. The molecule has 1 heterocycles. The second-order valence-corrected chi connectivity index (χ2v) is 3.22. The van der Waals surface area contributed by atoms with Crippen LogP contribution in [0.4, 0.5) is 13.2 Å². The number of alkyl halides is 3. The summed E-state index contributed by atoms with van der Waals surface area (Å²) >= 11 is 0. The van der Waals surface area contributed by atoms with Gasteiger partial charge in [0.25, 0.3) is 0 Å². The van der Waals surface area contributed by atoms with Crippen LogP contribution >= 0.6 is 0 Å². The van der Waals surface area contributed by atoms with Crippen LogP contribution in [0.25, 0.3) is 10.8 Å². The third kappa shape index (κ3) is 1.68. The Hall–Kier alpha value is -1.78. The number of nitrogens with zero attached hydrogens (tertiary/aromatic N) is 1. The summed E-state index contributed by atoms with van der Waals surface area (Å²) in [4.78, 5) is 3.78. The van der Waals surface area contributed by atoms with Gasteiger partial charge >= 0.3 is 6.18 Å². The third-order valence-corrected chi connectivity index (χ3v) is 2.26. The van der Waals surface area contributed by atoms with Crippen molar-refractivity contribution >= 4 is 10.8 Å². The molecular weight excluding hydrogens is 219 g/mol. The third-order valence-electron chi connectivity index (χ3n) is 2.26. The van der Waals surface area contributed by atoms with Crippen LogP contribution in [-0.2, 0) is 6.18 Å². The maximum absolute atomic E-state index is 12.8. The molecule has 0 aliphatic heterocycles. The fourth-order valence-electron chi connectivity index (χ4n) is 1.59. The van der Waals surface area contributed by atoms with Crippen molar-refractivity contribution in [1.82, 2.24) is 4.98 Å². The molecule has 0 N–H and O–H groups in total. The number of pyridine rings is 1. The molecule has 2 aromatic rings. The normalized spacial score (nSPS) is 11.8. The minimum absolute atomic E-state index is 0.000000000000000222. The zero-order valence-corrected chi connectivity index (χ0v) is 8.38. The van der Waals surface area contributed by atoms with Gasteiger partial charge in [-0.3, -0.25) is 0 Å². The molecule has 0 fully saturated rings. The molecule has 0 aliphatic carbocycles. The van der Waals surface area contributed by atoms with Gasteiger partial charge in [0.2, 0.25) is 5.88 Å². The standard InChI is InChI=1S/C11H8F3NO/c1-16-10-9-7(5-6-15-10)3-2-4-8(9)11(12,13)14/h2-6H,1H3. The lowest BCUT2D eigenvalue weighted by atomic mass is 10.1. The fraction of sp³-hybridized carbons (Fsp3) is 0.182.